The van der Waals surface area contributed by atoms with E-state index >= 15 is 0 Å². The molecule has 1 heterocycles. The Morgan fingerprint density at radius 1 is 1.13 bits per heavy atom. The maximum Gasteiger partial charge on any atom is 0.0809 e. The largest absolute Gasteiger partial charge is 0.396 e. The third-order valence-electron chi connectivity index (χ3n) is 3.59. The van der Waals surface area contributed by atoms with Gasteiger partial charge in [-0.3, -0.25) is 0 Å². The van der Waals surface area contributed by atoms with Crippen LogP contribution in [0.1, 0.15) is 38.5 Å². The second-order valence-electron chi connectivity index (χ2n) is 4.79. The SMILES string of the molecule is OCC1CCC(OCC2CCCO2)CC1. The number of ether oxygens (including phenoxy) is 2. The molecule has 1 aliphatic carbocycles. The summed E-state index contributed by atoms with van der Waals surface area (Å²) in [4.78, 5) is 0. The van der Waals surface area contributed by atoms with Crippen molar-refractivity contribution >= 4 is 0 Å². The molecule has 1 aliphatic heterocycles. The smallest absolute Gasteiger partial charge is 0.0809 e. The maximum absolute atomic E-state index is 9.02. The molecule has 0 bridgehead atoms. The summed E-state index contributed by atoms with van der Waals surface area (Å²) in [5.74, 6) is 0.521. The van der Waals surface area contributed by atoms with Gasteiger partial charge in [0.25, 0.3) is 0 Å². The van der Waals surface area contributed by atoms with Crippen molar-refractivity contribution in [2.45, 2.75) is 50.7 Å². The average molecular weight is 214 g/mol. The fraction of sp³-hybridized carbons (Fsp3) is 1.00. The Hall–Kier alpha value is -0.120. The van der Waals surface area contributed by atoms with E-state index in [-0.39, 0.29) is 0 Å². The zero-order valence-electron chi connectivity index (χ0n) is 9.36. The molecule has 2 fully saturated rings. The monoisotopic (exact) mass is 214 g/mol. The molecule has 0 spiro atoms. The van der Waals surface area contributed by atoms with E-state index in [1.807, 2.05) is 0 Å². The Balaban J connectivity index is 1.59. The summed E-state index contributed by atoms with van der Waals surface area (Å²) >= 11 is 0. The van der Waals surface area contributed by atoms with Crippen LogP contribution in [0.2, 0.25) is 0 Å². The molecule has 0 radical (unpaired) electrons. The van der Waals surface area contributed by atoms with E-state index in [4.69, 9.17) is 14.6 Å². The van der Waals surface area contributed by atoms with Crippen molar-refractivity contribution in [2.75, 3.05) is 19.8 Å². The van der Waals surface area contributed by atoms with Gasteiger partial charge >= 0.3 is 0 Å². The van der Waals surface area contributed by atoms with Gasteiger partial charge in [0.2, 0.25) is 0 Å². The van der Waals surface area contributed by atoms with Crippen molar-refractivity contribution < 1.29 is 14.6 Å². The van der Waals surface area contributed by atoms with Gasteiger partial charge in [0, 0.05) is 13.2 Å². The third kappa shape index (κ3) is 3.44. The molecule has 2 aliphatic rings. The minimum atomic E-state index is 0.346. The average Bonchev–Trinajstić information content (AvgIpc) is 2.80. The predicted molar refractivity (Wildman–Crippen MR) is 57.8 cm³/mol. The van der Waals surface area contributed by atoms with Crippen LogP contribution in [0, 0.1) is 5.92 Å². The molecule has 1 unspecified atom stereocenters. The second kappa shape index (κ2) is 5.83. The number of rotatable bonds is 4. The van der Waals surface area contributed by atoms with Gasteiger partial charge in [-0.05, 0) is 44.4 Å². The van der Waals surface area contributed by atoms with Crippen molar-refractivity contribution in [2.24, 2.45) is 5.92 Å². The van der Waals surface area contributed by atoms with Crippen LogP contribution in [0.4, 0.5) is 0 Å². The lowest BCUT2D eigenvalue weighted by molar-refractivity contribution is -0.0399. The van der Waals surface area contributed by atoms with Gasteiger partial charge in [-0.1, -0.05) is 0 Å². The maximum atomic E-state index is 9.02. The molecule has 0 amide bonds. The Morgan fingerprint density at radius 2 is 1.93 bits per heavy atom. The Kier molecular flexibility index (Phi) is 4.42. The van der Waals surface area contributed by atoms with Gasteiger partial charge in [-0.25, -0.2) is 0 Å². The molecule has 1 atom stereocenters. The molecule has 0 aromatic carbocycles. The van der Waals surface area contributed by atoms with Gasteiger partial charge in [0.05, 0.1) is 18.8 Å². The minimum absolute atomic E-state index is 0.346. The zero-order valence-corrected chi connectivity index (χ0v) is 9.36. The molecule has 3 nitrogen and oxygen atoms in total. The zero-order chi connectivity index (χ0) is 10.5. The van der Waals surface area contributed by atoms with E-state index in [0.29, 0.717) is 24.7 Å². The summed E-state index contributed by atoms with van der Waals surface area (Å²) in [7, 11) is 0. The number of hydrogen-bond donors (Lipinski definition) is 1. The van der Waals surface area contributed by atoms with Crippen LogP contribution < -0.4 is 0 Å². The lowest BCUT2D eigenvalue weighted by Crippen LogP contribution is -2.26. The summed E-state index contributed by atoms with van der Waals surface area (Å²) in [6.07, 6.45) is 7.56. The number of hydrogen-bond acceptors (Lipinski definition) is 3. The van der Waals surface area contributed by atoms with Gasteiger partial charge in [-0.2, -0.15) is 0 Å². The van der Waals surface area contributed by atoms with Crippen LogP contribution in [0.3, 0.4) is 0 Å². The first kappa shape index (κ1) is 11.4. The van der Waals surface area contributed by atoms with Gasteiger partial charge < -0.3 is 14.6 Å². The van der Waals surface area contributed by atoms with E-state index in [1.54, 1.807) is 0 Å². The topological polar surface area (TPSA) is 38.7 Å². The minimum Gasteiger partial charge on any atom is -0.396 e. The molecule has 88 valence electrons. The van der Waals surface area contributed by atoms with E-state index in [9.17, 15) is 0 Å². The fourth-order valence-electron chi connectivity index (χ4n) is 2.50. The van der Waals surface area contributed by atoms with Crippen LogP contribution in [0.25, 0.3) is 0 Å². The normalized spacial score (nSPS) is 37.0. The summed E-state index contributed by atoms with van der Waals surface area (Å²) in [5, 5.41) is 9.02. The molecule has 2 rings (SSSR count). The first-order valence-electron chi connectivity index (χ1n) is 6.22. The molecular weight excluding hydrogens is 192 g/mol. The van der Waals surface area contributed by atoms with E-state index < -0.39 is 0 Å². The van der Waals surface area contributed by atoms with Crippen LogP contribution in [0.15, 0.2) is 0 Å². The molecule has 1 N–H and O–H groups in total. The summed E-state index contributed by atoms with van der Waals surface area (Å²) in [6, 6.07) is 0. The van der Waals surface area contributed by atoms with Gasteiger partial charge in [-0.15, -0.1) is 0 Å². The van der Waals surface area contributed by atoms with E-state index in [1.165, 1.54) is 6.42 Å². The van der Waals surface area contributed by atoms with Crippen molar-refractivity contribution in [3.05, 3.63) is 0 Å². The molecule has 0 aromatic heterocycles. The summed E-state index contributed by atoms with van der Waals surface area (Å²) in [6.45, 7) is 2.03. The van der Waals surface area contributed by atoms with Gasteiger partial charge in [0.1, 0.15) is 0 Å². The van der Waals surface area contributed by atoms with Crippen molar-refractivity contribution in [3.63, 3.8) is 0 Å². The Morgan fingerprint density at radius 3 is 2.53 bits per heavy atom. The first-order valence-corrected chi connectivity index (χ1v) is 6.22. The van der Waals surface area contributed by atoms with Gasteiger partial charge in [0.15, 0.2) is 0 Å². The molecule has 0 aromatic rings. The van der Waals surface area contributed by atoms with Crippen molar-refractivity contribution in [3.8, 4) is 0 Å². The molecule has 3 heteroatoms. The van der Waals surface area contributed by atoms with Crippen molar-refractivity contribution in [1.82, 2.24) is 0 Å². The Bertz CT molecular complexity index is 170. The highest BCUT2D eigenvalue weighted by Gasteiger charge is 2.23. The lowest BCUT2D eigenvalue weighted by Gasteiger charge is -2.28. The molecule has 1 saturated carbocycles. The van der Waals surface area contributed by atoms with Crippen LogP contribution in [0.5, 0.6) is 0 Å². The van der Waals surface area contributed by atoms with Crippen LogP contribution >= 0.6 is 0 Å². The van der Waals surface area contributed by atoms with Crippen molar-refractivity contribution in [1.29, 1.82) is 0 Å². The fourth-order valence-corrected chi connectivity index (χ4v) is 2.50. The van der Waals surface area contributed by atoms with Crippen LogP contribution in [-0.4, -0.2) is 37.1 Å². The highest BCUT2D eigenvalue weighted by atomic mass is 16.5. The highest BCUT2D eigenvalue weighted by Crippen LogP contribution is 2.26. The predicted octanol–water partition coefficient (Wildman–Crippen LogP) is 1.73. The summed E-state index contributed by atoms with van der Waals surface area (Å²) in [5.41, 5.74) is 0. The lowest BCUT2D eigenvalue weighted by atomic mass is 9.88. The highest BCUT2D eigenvalue weighted by molar-refractivity contribution is 4.73. The molecular formula is C12H22O3. The number of aliphatic hydroxyl groups is 1. The van der Waals surface area contributed by atoms with E-state index in [0.717, 1.165) is 45.3 Å². The Labute approximate surface area is 91.8 Å². The molecule has 15 heavy (non-hydrogen) atoms. The number of aliphatic hydroxyl groups excluding tert-OH is 1. The summed E-state index contributed by atoms with van der Waals surface area (Å²) < 4.78 is 11.4. The van der Waals surface area contributed by atoms with E-state index in [2.05, 4.69) is 0 Å². The standard InChI is InChI=1S/C12H22O3/c13-8-10-3-5-11(6-4-10)15-9-12-2-1-7-14-12/h10-13H,1-9H2. The molecule has 1 saturated heterocycles. The second-order valence-corrected chi connectivity index (χ2v) is 4.79. The first-order chi connectivity index (χ1) is 7.38. The van der Waals surface area contributed by atoms with Crippen LogP contribution in [-0.2, 0) is 9.47 Å². The third-order valence-corrected chi connectivity index (χ3v) is 3.59. The quantitative estimate of drug-likeness (QED) is 0.774.